The maximum Gasteiger partial charge on any atom is 0.303 e. The van der Waals surface area contributed by atoms with Gasteiger partial charge >= 0.3 is 11.9 Å². The van der Waals surface area contributed by atoms with Crippen LogP contribution in [0.4, 0.5) is 0 Å². The van der Waals surface area contributed by atoms with Crippen LogP contribution in [-0.2, 0) is 30.6 Å². The van der Waals surface area contributed by atoms with Crippen molar-refractivity contribution >= 4 is 47.2 Å². The Morgan fingerprint density at radius 1 is 0.900 bits per heavy atom. The lowest BCUT2D eigenvalue weighted by Gasteiger charge is -2.29. The first-order valence-electron chi connectivity index (χ1n) is 9.80. The summed E-state index contributed by atoms with van der Waals surface area (Å²) < 4.78 is 11.3. The van der Waals surface area contributed by atoms with Crippen LogP contribution in [0.15, 0.2) is 60.7 Å². The predicted octanol–water partition coefficient (Wildman–Crippen LogP) is 5.16. The Bertz CT molecular complexity index is 772. The average molecular weight is 463 g/mol. The third kappa shape index (κ3) is 7.00. The summed E-state index contributed by atoms with van der Waals surface area (Å²) in [5, 5.41) is 0.0423. The topological polar surface area (TPSA) is 52.6 Å². The molecule has 1 heterocycles. The van der Waals surface area contributed by atoms with Crippen molar-refractivity contribution in [1.29, 1.82) is 0 Å². The fourth-order valence-corrected chi connectivity index (χ4v) is 8.00. The number of hydrogen-bond donors (Lipinski definition) is 0. The number of carbonyl (C=O) groups excluding carboxylic acids is 2. The molecule has 160 valence electrons. The Balaban J connectivity index is 1.75. The monoisotopic (exact) mass is 462 g/mol. The molecular weight excluding hydrogens is 436 g/mol. The van der Waals surface area contributed by atoms with Crippen molar-refractivity contribution in [3.05, 3.63) is 71.8 Å². The second-order valence-corrected chi connectivity index (χ2v) is 10.8. The summed E-state index contributed by atoms with van der Waals surface area (Å²) in [4.78, 5) is 23.3. The predicted molar refractivity (Wildman–Crippen MR) is 127 cm³/mol. The van der Waals surface area contributed by atoms with Gasteiger partial charge in [0, 0.05) is 31.1 Å². The van der Waals surface area contributed by atoms with E-state index in [0.29, 0.717) is 5.75 Å². The van der Waals surface area contributed by atoms with Crippen LogP contribution in [0.1, 0.15) is 25.0 Å². The second kappa shape index (κ2) is 11.7. The largest absolute Gasteiger partial charge is 0.458 e. The van der Waals surface area contributed by atoms with Crippen molar-refractivity contribution in [3.63, 3.8) is 0 Å². The van der Waals surface area contributed by atoms with Gasteiger partial charge in [0.2, 0.25) is 0 Å². The van der Waals surface area contributed by atoms with Crippen molar-refractivity contribution < 1.29 is 19.1 Å². The molecule has 0 aromatic heterocycles. The van der Waals surface area contributed by atoms with E-state index < -0.39 is 12.2 Å². The van der Waals surface area contributed by atoms with Gasteiger partial charge < -0.3 is 9.47 Å². The first-order chi connectivity index (χ1) is 14.5. The number of thioether (sulfide) groups is 3. The molecule has 30 heavy (non-hydrogen) atoms. The van der Waals surface area contributed by atoms with Crippen LogP contribution >= 0.6 is 35.3 Å². The molecule has 4 nitrogen and oxygen atoms in total. The molecule has 2 aromatic carbocycles. The third-order valence-corrected chi connectivity index (χ3v) is 9.40. The van der Waals surface area contributed by atoms with Gasteiger partial charge in [-0.25, -0.2) is 0 Å². The van der Waals surface area contributed by atoms with Gasteiger partial charge in [-0.2, -0.15) is 0 Å². The molecular formula is C23H26O4S3. The molecule has 1 aliphatic heterocycles. The molecule has 2 aromatic rings. The van der Waals surface area contributed by atoms with Gasteiger partial charge in [0.25, 0.3) is 0 Å². The van der Waals surface area contributed by atoms with Crippen LogP contribution in [-0.4, -0.2) is 39.7 Å². The summed E-state index contributed by atoms with van der Waals surface area (Å²) in [7, 11) is 0. The average Bonchev–Trinajstić information content (AvgIpc) is 3.10. The Kier molecular flexibility index (Phi) is 9.03. The molecule has 1 saturated heterocycles. The van der Waals surface area contributed by atoms with E-state index in [9.17, 15) is 9.59 Å². The molecule has 0 unspecified atom stereocenters. The summed E-state index contributed by atoms with van der Waals surface area (Å²) in [6.07, 6.45) is -0.841. The minimum absolute atomic E-state index is 0.0423. The molecule has 0 spiro atoms. The Morgan fingerprint density at radius 3 is 1.87 bits per heavy atom. The zero-order valence-electron chi connectivity index (χ0n) is 17.1. The first kappa shape index (κ1) is 23.1. The van der Waals surface area contributed by atoms with E-state index >= 15 is 0 Å². The normalized spacial score (nSPS) is 20.8. The van der Waals surface area contributed by atoms with Crippen molar-refractivity contribution in [1.82, 2.24) is 0 Å². The quantitative estimate of drug-likeness (QED) is 0.377. The number of rotatable bonds is 9. The van der Waals surface area contributed by atoms with E-state index in [1.165, 1.54) is 25.0 Å². The van der Waals surface area contributed by atoms with Crippen LogP contribution in [0.25, 0.3) is 0 Å². The molecule has 3 rings (SSSR count). The van der Waals surface area contributed by atoms with Crippen molar-refractivity contribution in [2.24, 2.45) is 0 Å². The number of benzene rings is 2. The minimum Gasteiger partial charge on any atom is -0.458 e. The van der Waals surface area contributed by atoms with Crippen LogP contribution in [0, 0.1) is 0 Å². The Hall–Kier alpha value is -1.57. The molecule has 0 radical (unpaired) electrons. The summed E-state index contributed by atoms with van der Waals surface area (Å²) >= 11 is 5.43. The number of ether oxygens (including phenoxy) is 2. The molecule has 7 heteroatoms. The number of carbonyl (C=O) groups is 2. The van der Waals surface area contributed by atoms with Gasteiger partial charge in [-0.15, -0.1) is 35.3 Å². The molecule has 3 atom stereocenters. The van der Waals surface area contributed by atoms with Crippen LogP contribution < -0.4 is 0 Å². The Labute approximate surface area is 190 Å². The number of hydrogen-bond acceptors (Lipinski definition) is 7. The molecule has 0 N–H and O–H groups in total. The van der Waals surface area contributed by atoms with Crippen molar-refractivity contribution in [2.45, 2.75) is 47.4 Å². The van der Waals surface area contributed by atoms with E-state index in [2.05, 4.69) is 24.3 Å². The summed E-state index contributed by atoms with van der Waals surface area (Å²) in [5.41, 5.74) is 2.52. The molecule has 0 amide bonds. The zero-order chi connectivity index (χ0) is 21.3. The van der Waals surface area contributed by atoms with Crippen LogP contribution in [0.3, 0.4) is 0 Å². The van der Waals surface area contributed by atoms with Gasteiger partial charge in [-0.3, -0.25) is 9.59 Å². The molecule has 0 bridgehead atoms. The van der Waals surface area contributed by atoms with Crippen LogP contribution in [0.2, 0.25) is 0 Å². The highest BCUT2D eigenvalue weighted by Crippen LogP contribution is 2.44. The highest BCUT2D eigenvalue weighted by Gasteiger charge is 2.45. The molecule has 0 aliphatic carbocycles. The first-order valence-corrected chi connectivity index (χ1v) is 12.9. The number of esters is 2. The third-order valence-electron chi connectivity index (χ3n) is 4.54. The fraction of sp³-hybridized carbons (Fsp3) is 0.391. The highest BCUT2D eigenvalue weighted by atomic mass is 32.2. The minimum atomic E-state index is -0.437. The maximum atomic E-state index is 11.8. The lowest BCUT2D eigenvalue weighted by molar-refractivity contribution is -0.162. The van der Waals surface area contributed by atoms with E-state index in [-0.39, 0.29) is 21.8 Å². The van der Waals surface area contributed by atoms with E-state index in [1.54, 1.807) is 11.8 Å². The highest BCUT2D eigenvalue weighted by molar-refractivity contribution is 8.17. The maximum absolute atomic E-state index is 11.8. The summed E-state index contributed by atoms with van der Waals surface area (Å²) in [6.45, 7) is 2.81. The second-order valence-electron chi connectivity index (χ2n) is 6.98. The van der Waals surface area contributed by atoms with Gasteiger partial charge in [0.05, 0.1) is 9.83 Å². The van der Waals surface area contributed by atoms with Crippen LogP contribution in [0.5, 0.6) is 0 Å². The van der Waals surface area contributed by atoms with Gasteiger partial charge in [0.15, 0.2) is 6.10 Å². The van der Waals surface area contributed by atoms with Gasteiger partial charge in [-0.05, 0) is 11.1 Å². The standard InChI is InChI=1S/C23H26O4S3/c1-16(24)26-20-15-28-22(21(20)27-17(2)25)23(29-13-18-9-5-3-6-10-18)30-14-19-11-7-4-8-12-19/h3-12,20-23H,13-15H2,1-2H3/t20-,21-,22-/m0/s1. The van der Waals surface area contributed by atoms with Gasteiger partial charge in [0.1, 0.15) is 6.10 Å². The smallest absolute Gasteiger partial charge is 0.303 e. The van der Waals surface area contributed by atoms with E-state index in [0.717, 1.165) is 11.5 Å². The van der Waals surface area contributed by atoms with Crippen molar-refractivity contribution in [2.75, 3.05) is 5.75 Å². The van der Waals surface area contributed by atoms with E-state index in [1.807, 2.05) is 59.9 Å². The fourth-order valence-electron chi connectivity index (χ4n) is 3.23. The van der Waals surface area contributed by atoms with E-state index in [4.69, 9.17) is 9.47 Å². The molecule has 0 saturated carbocycles. The summed E-state index contributed by atoms with van der Waals surface area (Å²) in [6, 6.07) is 20.7. The zero-order valence-corrected chi connectivity index (χ0v) is 19.5. The Morgan fingerprint density at radius 2 is 1.40 bits per heavy atom. The van der Waals surface area contributed by atoms with Crippen molar-refractivity contribution in [3.8, 4) is 0 Å². The summed E-state index contributed by atoms with van der Waals surface area (Å²) in [5.74, 6) is 1.69. The lowest BCUT2D eigenvalue weighted by Crippen LogP contribution is -2.40. The lowest BCUT2D eigenvalue weighted by atomic mass is 10.1. The SMILES string of the molecule is CC(=O)O[C@H]1[C@@H](OC(C)=O)CS[C@@H]1C(SCc1ccccc1)SCc1ccccc1. The van der Waals surface area contributed by atoms with Gasteiger partial charge in [-0.1, -0.05) is 60.7 Å². The molecule has 1 aliphatic rings. The molecule has 1 fully saturated rings.